The van der Waals surface area contributed by atoms with Crippen molar-refractivity contribution in [2.24, 2.45) is 0 Å². The molecule has 8 nitrogen and oxygen atoms in total. The van der Waals surface area contributed by atoms with Crippen LogP contribution in [-0.2, 0) is 19.1 Å². The molecule has 0 amide bonds. The second-order valence-corrected chi connectivity index (χ2v) is 6.55. The van der Waals surface area contributed by atoms with Gasteiger partial charge in [0.1, 0.15) is 48.0 Å². The van der Waals surface area contributed by atoms with Crippen LogP contribution in [0.5, 0.6) is 11.5 Å². The second-order valence-electron chi connectivity index (χ2n) is 6.55. The highest BCUT2D eigenvalue weighted by Crippen LogP contribution is 2.23. The Hall–Kier alpha value is -4.56. The summed E-state index contributed by atoms with van der Waals surface area (Å²) in [7, 11) is 0. The molecule has 2 rings (SSSR count). The standard InChI is InChI=1S/C26H24N2O6/c1-3-31-25(29)21(17-27)15-19-9-5-7-11-23(19)33-13-14-34-24-12-8-6-10-20(24)16-22(18-28)26(30)32-4-2/h5-12,15-16H,3-4,13-14H2,1-2H3/b21-15-,22-16-. The summed E-state index contributed by atoms with van der Waals surface area (Å²) in [5.41, 5.74) is 0.821. The molecule has 174 valence electrons. The maximum absolute atomic E-state index is 11.9. The average Bonchev–Trinajstić information content (AvgIpc) is 2.85. The van der Waals surface area contributed by atoms with Crippen molar-refractivity contribution in [3.63, 3.8) is 0 Å². The highest BCUT2D eigenvalue weighted by Gasteiger charge is 2.13. The van der Waals surface area contributed by atoms with Crippen LogP contribution in [0.2, 0.25) is 0 Å². The molecule has 0 bridgehead atoms. The van der Waals surface area contributed by atoms with Gasteiger partial charge in [0.2, 0.25) is 0 Å². The molecular weight excluding hydrogens is 436 g/mol. The van der Waals surface area contributed by atoms with Gasteiger partial charge in [-0.05, 0) is 38.1 Å². The molecule has 0 radical (unpaired) electrons. The van der Waals surface area contributed by atoms with Gasteiger partial charge in [0, 0.05) is 11.1 Å². The highest BCUT2D eigenvalue weighted by atomic mass is 16.5. The van der Waals surface area contributed by atoms with Gasteiger partial charge < -0.3 is 18.9 Å². The number of hydrogen-bond acceptors (Lipinski definition) is 8. The van der Waals surface area contributed by atoms with E-state index in [1.807, 2.05) is 12.1 Å². The number of para-hydroxylation sites is 2. The zero-order chi connectivity index (χ0) is 24.8. The number of carbonyl (C=O) groups excluding carboxylic acids is 2. The zero-order valence-corrected chi connectivity index (χ0v) is 18.9. The van der Waals surface area contributed by atoms with Crippen molar-refractivity contribution in [3.05, 3.63) is 70.8 Å². The van der Waals surface area contributed by atoms with Crippen LogP contribution in [0.4, 0.5) is 0 Å². The van der Waals surface area contributed by atoms with E-state index >= 15 is 0 Å². The summed E-state index contributed by atoms with van der Waals surface area (Å²) in [6.07, 6.45) is 2.82. The normalized spacial score (nSPS) is 11.1. The van der Waals surface area contributed by atoms with Gasteiger partial charge in [-0.15, -0.1) is 0 Å². The maximum Gasteiger partial charge on any atom is 0.348 e. The first kappa shape index (κ1) is 25.7. The average molecular weight is 460 g/mol. The summed E-state index contributed by atoms with van der Waals surface area (Å²) >= 11 is 0. The van der Waals surface area contributed by atoms with Crippen LogP contribution in [0.25, 0.3) is 12.2 Å². The molecule has 0 aliphatic heterocycles. The predicted molar refractivity (Wildman–Crippen MR) is 124 cm³/mol. The molecule has 0 unspecified atom stereocenters. The van der Waals surface area contributed by atoms with Crippen LogP contribution in [0, 0.1) is 22.7 Å². The summed E-state index contributed by atoms with van der Waals surface area (Å²) in [5, 5.41) is 18.5. The molecule has 0 aliphatic carbocycles. The Morgan fingerprint density at radius 1 is 0.735 bits per heavy atom. The fourth-order valence-corrected chi connectivity index (χ4v) is 2.77. The minimum atomic E-state index is -0.702. The van der Waals surface area contributed by atoms with E-state index in [0.717, 1.165) is 0 Å². The molecule has 2 aromatic rings. The van der Waals surface area contributed by atoms with E-state index in [1.54, 1.807) is 62.4 Å². The SMILES string of the molecule is CCOC(=O)/C(C#N)=C\c1ccccc1OCCOc1ccccc1/C=C(/C#N)C(=O)OCC. The zero-order valence-electron chi connectivity index (χ0n) is 18.9. The van der Waals surface area contributed by atoms with E-state index in [4.69, 9.17) is 18.9 Å². The van der Waals surface area contributed by atoms with E-state index in [-0.39, 0.29) is 37.6 Å². The van der Waals surface area contributed by atoms with Crippen LogP contribution in [-0.4, -0.2) is 38.4 Å². The molecule has 2 aromatic carbocycles. The Morgan fingerprint density at radius 3 is 1.47 bits per heavy atom. The molecule has 8 heteroatoms. The first-order valence-electron chi connectivity index (χ1n) is 10.6. The molecule has 0 heterocycles. The molecule has 0 aliphatic rings. The van der Waals surface area contributed by atoms with E-state index in [2.05, 4.69) is 0 Å². The number of rotatable bonds is 11. The van der Waals surface area contributed by atoms with E-state index in [9.17, 15) is 20.1 Å². The third-order valence-corrected chi connectivity index (χ3v) is 4.27. The number of hydrogen-bond donors (Lipinski definition) is 0. The van der Waals surface area contributed by atoms with Crippen LogP contribution < -0.4 is 9.47 Å². The molecule has 0 saturated carbocycles. The van der Waals surface area contributed by atoms with E-state index in [1.165, 1.54) is 12.2 Å². The fraction of sp³-hybridized carbons (Fsp3) is 0.231. The number of nitrogens with zero attached hydrogens (tertiary/aromatic N) is 2. The molecule has 0 N–H and O–H groups in total. The van der Waals surface area contributed by atoms with Crippen LogP contribution in [0.15, 0.2) is 59.7 Å². The number of nitriles is 2. The molecule has 0 fully saturated rings. The second kappa shape index (κ2) is 13.8. The first-order valence-corrected chi connectivity index (χ1v) is 10.6. The quantitative estimate of drug-likeness (QED) is 0.213. The summed E-state index contributed by atoms with van der Waals surface area (Å²) in [6.45, 7) is 3.98. The number of benzene rings is 2. The molecule has 0 saturated heterocycles. The Labute approximate surface area is 198 Å². The van der Waals surface area contributed by atoms with Crippen molar-refractivity contribution >= 4 is 24.1 Å². The Bertz CT molecular complexity index is 1060. The Balaban J connectivity index is 2.09. The van der Waals surface area contributed by atoms with Crippen molar-refractivity contribution in [2.45, 2.75) is 13.8 Å². The van der Waals surface area contributed by atoms with Gasteiger partial charge in [0.05, 0.1) is 13.2 Å². The first-order chi connectivity index (χ1) is 16.5. The van der Waals surface area contributed by atoms with Crippen LogP contribution >= 0.6 is 0 Å². The molecule has 34 heavy (non-hydrogen) atoms. The van der Waals surface area contributed by atoms with Crippen molar-refractivity contribution in [3.8, 4) is 23.6 Å². The maximum atomic E-state index is 11.9. The minimum Gasteiger partial charge on any atom is -0.489 e. The third kappa shape index (κ3) is 7.54. The van der Waals surface area contributed by atoms with Gasteiger partial charge in [-0.1, -0.05) is 36.4 Å². The largest absolute Gasteiger partial charge is 0.489 e. The minimum absolute atomic E-state index is 0.134. The number of esters is 2. The van der Waals surface area contributed by atoms with E-state index in [0.29, 0.717) is 22.6 Å². The van der Waals surface area contributed by atoms with Crippen LogP contribution in [0.3, 0.4) is 0 Å². The van der Waals surface area contributed by atoms with Gasteiger partial charge in [-0.3, -0.25) is 0 Å². The lowest BCUT2D eigenvalue weighted by Crippen LogP contribution is -2.11. The Morgan fingerprint density at radius 2 is 1.12 bits per heavy atom. The number of ether oxygens (including phenoxy) is 4. The van der Waals surface area contributed by atoms with Gasteiger partial charge in [0.15, 0.2) is 0 Å². The van der Waals surface area contributed by atoms with Crippen LogP contribution in [0.1, 0.15) is 25.0 Å². The van der Waals surface area contributed by atoms with Gasteiger partial charge in [-0.2, -0.15) is 10.5 Å². The fourth-order valence-electron chi connectivity index (χ4n) is 2.77. The van der Waals surface area contributed by atoms with Crippen molar-refractivity contribution < 1.29 is 28.5 Å². The molecule has 0 spiro atoms. The van der Waals surface area contributed by atoms with E-state index < -0.39 is 11.9 Å². The third-order valence-electron chi connectivity index (χ3n) is 4.27. The summed E-state index contributed by atoms with van der Waals surface area (Å²) < 4.78 is 21.3. The number of carbonyl (C=O) groups is 2. The molecule has 0 atom stereocenters. The van der Waals surface area contributed by atoms with Gasteiger partial charge in [-0.25, -0.2) is 9.59 Å². The smallest absolute Gasteiger partial charge is 0.348 e. The van der Waals surface area contributed by atoms with Crippen molar-refractivity contribution in [1.29, 1.82) is 10.5 Å². The predicted octanol–water partition coefficient (Wildman–Crippen LogP) is 4.08. The highest BCUT2D eigenvalue weighted by molar-refractivity contribution is 5.98. The van der Waals surface area contributed by atoms with Gasteiger partial charge >= 0.3 is 11.9 Å². The van der Waals surface area contributed by atoms with Gasteiger partial charge in [0.25, 0.3) is 0 Å². The van der Waals surface area contributed by atoms with Crippen molar-refractivity contribution in [1.82, 2.24) is 0 Å². The monoisotopic (exact) mass is 460 g/mol. The topological polar surface area (TPSA) is 119 Å². The lowest BCUT2D eigenvalue weighted by Gasteiger charge is -2.12. The Kier molecular flexibility index (Phi) is 10.4. The summed E-state index contributed by atoms with van der Waals surface area (Å²) in [5.74, 6) is -0.476. The summed E-state index contributed by atoms with van der Waals surface area (Å²) in [6, 6.07) is 17.6. The lowest BCUT2D eigenvalue weighted by atomic mass is 10.1. The molecule has 0 aromatic heterocycles. The summed E-state index contributed by atoms with van der Waals surface area (Å²) in [4.78, 5) is 23.8. The van der Waals surface area contributed by atoms with Crippen molar-refractivity contribution in [2.75, 3.05) is 26.4 Å². The lowest BCUT2D eigenvalue weighted by molar-refractivity contribution is -0.138. The molecular formula is C26H24N2O6.